The Morgan fingerprint density at radius 3 is 2.40 bits per heavy atom. The van der Waals surface area contributed by atoms with Crippen LogP contribution in [0.15, 0.2) is 24.3 Å². The van der Waals surface area contributed by atoms with Gasteiger partial charge in [0.05, 0.1) is 0 Å². The highest BCUT2D eigenvalue weighted by molar-refractivity contribution is 5.68. The molecule has 1 amide bonds. The Hall–Kier alpha value is -1.79. The van der Waals surface area contributed by atoms with Gasteiger partial charge in [-0.05, 0) is 58.0 Å². The molecule has 25 heavy (non-hydrogen) atoms. The Balaban J connectivity index is 1.56. The predicted molar refractivity (Wildman–Crippen MR) is 98.7 cm³/mol. The molecule has 6 nitrogen and oxygen atoms in total. The van der Waals surface area contributed by atoms with Crippen LogP contribution in [0.3, 0.4) is 0 Å². The molecule has 0 aromatic heterocycles. The second-order valence-electron chi connectivity index (χ2n) is 7.51. The predicted octanol–water partition coefficient (Wildman–Crippen LogP) is 2.42. The van der Waals surface area contributed by atoms with Crippen molar-refractivity contribution in [1.82, 2.24) is 15.1 Å². The van der Waals surface area contributed by atoms with Crippen molar-refractivity contribution in [3.63, 3.8) is 0 Å². The van der Waals surface area contributed by atoms with Gasteiger partial charge in [-0.25, -0.2) is 4.79 Å². The molecular weight excluding hydrogens is 318 g/mol. The fourth-order valence-electron chi connectivity index (χ4n) is 2.75. The highest BCUT2D eigenvalue weighted by Crippen LogP contribution is 2.12. The summed E-state index contributed by atoms with van der Waals surface area (Å²) in [5.41, 5.74) is 0.737. The zero-order chi connectivity index (χ0) is 18.3. The van der Waals surface area contributed by atoms with E-state index < -0.39 is 5.60 Å². The Labute approximate surface area is 150 Å². The van der Waals surface area contributed by atoms with Crippen LogP contribution in [0, 0.1) is 0 Å². The first kappa shape index (κ1) is 19.5. The summed E-state index contributed by atoms with van der Waals surface area (Å²) in [6.07, 6.45) is 0.868. The van der Waals surface area contributed by atoms with Gasteiger partial charge in [0.1, 0.15) is 11.4 Å². The average Bonchev–Trinajstić information content (AvgIpc) is 2.55. The van der Waals surface area contributed by atoms with Gasteiger partial charge < -0.3 is 20.1 Å². The van der Waals surface area contributed by atoms with Crippen LogP contribution in [0.5, 0.6) is 5.75 Å². The lowest BCUT2D eigenvalue weighted by molar-refractivity contribution is 0.0144. The van der Waals surface area contributed by atoms with Crippen molar-refractivity contribution in [2.45, 2.75) is 39.3 Å². The lowest BCUT2D eigenvalue weighted by atomic mass is 10.2. The Bertz CT molecular complexity index is 532. The van der Waals surface area contributed by atoms with E-state index in [0.717, 1.165) is 52.2 Å². The summed E-state index contributed by atoms with van der Waals surface area (Å²) in [6, 6.07) is 7.28. The number of hydrogen-bond donors (Lipinski definition) is 2. The molecule has 1 heterocycles. The first-order chi connectivity index (χ1) is 11.8. The number of phenols is 1. The Kier molecular flexibility index (Phi) is 7.08. The topological polar surface area (TPSA) is 65.0 Å². The van der Waals surface area contributed by atoms with Gasteiger partial charge in [-0.3, -0.25) is 4.90 Å². The maximum Gasteiger partial charge on any atom is 0.410 e. The van der Waals surface area contributed by atoms with E-state index in [1.165, 1.54) is 5.56 Å². The van der Waals surface area contributed by atoms with Crippen LogP contribution in [0.1, 0.15) is 32.8 Å². The number of amides is 1. The average molecular weight is 349 g/mol. The van der Waals surface area contributed by atoms with Crippen molar-refractivity contribution < 1.29 is 14.6 Å². The largest absolute Gasteiger partial charge is 0.508 e. The molecule has 2 N–H and O–H groups in total. The molecule has 0 saturated carbocycles. The standard InChI is InChI=1S/C19H31N3O3/c1-19(2,3)25-18(24)22-13-11-21(12-14-22)10-4-9-20-15-16-5-7-17(23)8-6-16/h5-8,20,23H,4,9-15H2,1-3H3. The number of nitrogens with one attached hydrogen (secondary N) is 1. The van der Waals surface area contributed by atoms with E-state index in [0.29, 0.717) is 5.75 Å². The second-order valence-corrected chi connectivity index (χ2v) is 7.51. The summed E-state index contributed by atoms with van der Waals surface area (Å²) in [6.45, 7) is 11.7. The van der Waals surface area contributed by atoms with Crippen LogP contribution >= 0.6 is 0 Å². The smallest absolute Gasteiger partial charge is 0.410 e. The zero-order valence-corrected chi connectivity index (χ0v) is 15.6. The molecule has 1 aliphatic heterocycles. The van der Waals surface area contributed by atoms with Gasteiger partial charge in [-0.15, -0.1) is 0 Å². The maximum atomic E-state index is 12.0. The number of aromatic hydroxyl groups is 1. The lowest BCUT2D eigenvalue weighted by Gasteiger charge is -2.35. The number of piperazine rings is 1. The molecule has 0 aliphatic carbocycles. The minimum Gasteiger partial charge on any atom is -0.508 e. The minimum atomic E-state index is -0.433. The molecule has 2 rings (SSSR count). The van der Waals surface area contributed by atoms with Crippen molar-refractivity contribution >= 4 is 6.09 Å². The quantitative estimate of drug-likeness (QED) is 0.772. The number of carbonyl (C=O) groups excluding carboxylic acids is 1. The molecule has 1 saturated heterocycles. The molecular formula is C19H31N3O3. The summed E-state index contributed by atoms with van der Waals surface area (Å²) in [5.74, 6) is 0.300. The summed E-state index contributed by atoms with van der Waals surface area (Å²) in [7, 11) is 0. The normalized spacial score (nSPS) is 16.0. The van der Waals surface area contributed by atoms with Crippen LogP contribution in [0.2, 0.25) is 0 Å². The number of phenolic OH excluding ortho intramolecular Hbond substituents is 1. The van der Waals surface area contributed by atoms with Crippen molar-refractivity contribution in [3.8, 4) is 5.75 Å². The third kappa shape index (κ3) is 7.32. The second kappa shape index (κ2) is 9.06. The van der Waals surface area contributed by atoms with Gasteiger partial charge >= 0.3 is 6.09 Å². The monoisotopic (exact) mass is 349 g/mol. The molecule has 1 aliphatic rings. The molecule has 1 aromatic carbocycles. The van der Waals surface area contributed by atoms with Gasteiger partial charge in [0.2, 0.25) is 0 Å². The van der Waals surface area contributed by atoms with Crippen molar-refractivity contribution in [2.24, 2.45) is 0 Å². The number of nitrogens with zero attached hydrogens (tertiary/aromatic N) is 2. The molecule has 6 heteroatoms. The van der Waals surface area contributed by atoms with Crippen LogP contribution in [0.4, 0.5) is 4.79 Å². The fraction of sp³-hybridized carbons (Fsp3) is 0.632. The van der Waals surface area contributed by atoms with E-state index >= 15 is 0 Å². The number of ether oxygens (including phenoxy) is 1. The Morgan fingerprint density at radius 1 is 1.16 bits per heavy atom. The highest BCUT2D eigenvalue weighted by Gasteiger charge is 2.25. The third-order valence-electron chi connectivity index (χ3n) is 4.12. The first-order valence-electron chi connectivity index (χ1n) is 9.02. The molecule has 1 fully saturated rings. The molecule has 1 aromatic rings. The van der Waals surface area contributed by atoms with Crippen LogP contribution in [-0.4, -0.2) is 65.9 Å². The van der Waals surface area contributed by atoms with E-state index in [2.05, 4.69) is 10.2 Å². The zero-order valence-electron chi connectivity index (χ0n) is 15.6. The summed E-state index contributed by atoms with van der Waals surface area (Å²) in [4.78, 5) is 16.2. The molecule has 0 unspecified atom stereocenters. The molecule has 140 valence electrons. The number of rotatable bonds is 6. The van der Waals surface area contributed by atoms with E-state index in [1.54, 1.807) is 17.0 Å². The fourth-order valence-corrected chi connectivity index (χ4v) is 2.75. The van der Waals surface area contributed by atoms with Crippen LogP contribution in [-0.2, 0) is 11.3 Å². The van der Waals surface area contributed by atoms with Gasteiger partial charge in [-0.2, -0.15) is 0 Å². The lowest BCUT2D eigenvalue weighted by Crippen LogP contribution is -2.50. The van der Waals surface area contributed by atoms with Crippen LogP contribution in [0.25, 0.3) is 0 Å². The Morgan fingerprint density at radius 2 is 1.80 bits per heavy atom. The van der Waals surface area contributed by atoms with E-state index in [1.807, 2.05) is 32.9 Å². The number of benzene rings is 1. The summed E-state index contributed by atoms with van der Waals surface area (Å²) >= 11 is 0. The van der Waals surface area contributed by atoms with Crippen molar-refractivity contribution in [3.05, 3.63) is 29.8 Å². The van der Waals surface area contributed by atoms with Gasteiger partial charge in [0, 0.05) is 32.7 Å². The van der Waals surface area contributed by atoms with Gasteiger partial charge in [-0.1, -0.05) is 12.1 Å². The van der Waals surface area contributed by atoms with E-state index in [9.17, 15) is 9.90 Å². The number of carbonyl (C=O) groups is 1. The van der Waals surface area contributed by atoms with Crippen LogP contribution < -0.4 is 5.32 Å². The van der Waals surface area contributed by atoms with Gasteiger partial charge in [0.25, 0.3) is 0 Å². The van der Waals surface area contributed by atoms with Gasteiger partial charge in [0.15, 0.2) is 0 Å². The van der Waals surface area contributed by atoms with Crippen molar-refractivity contribution in [1.29, 1.82) is 0 Å². The first-order valence-corrected chi connectivity index (χ1v) is 9.02. The summed E-state index contributed by atoms with van der Waals surface area (Å²) < 4.78 is 5.42. The number of hydrogen-bond acceptors (Lipinski definition) is 5. The van der Waals surface area contributed by atoms with E-state index in [-0.39, 0.29) is 6.09 Å². The molecule has 0 atom stereocenters. The third-order valence-corrected chi connectivity index (χ3v) is 4.12. The maximum absolute atomic E-state index is 12.0. The summed E-state index contributed by atoms with van der Waals surface area (Å²) in [5, 5.41) is 12.7. The SMILES string of the molecule is CC(C)(C)OC(=O)N1CCN(CCCNCc2ccc(O)cc2)CC1. The minimum absolute atomic E-state index is 0.206. The molecule has 0 bridgehead atoms. The molecule has 0 radical (unpaired) electrons. The van der Waals surface area contributed by atoms with Crippen molar-refractivity contribution in [2.75, 3.05) is 39.3 Å². The van der Waals surface area contributed by atoms with E-state index in [4.69, 9.17) is 4.74 Å². The molecule has 0 spiro atoms. The highest BCUT2D eigenvalue weighted by atomic mass is 16.6.